The molecule has 1 aliphatic heterocycles. The second kappa shape index (κ2) is 7.59. The van der Waals surface area contributed by atoms with Gasteiger partial charge in [0.15, 0.2) is 5.69 Å². The summed E-state index contributed by atoms with van der Waals surface area (Å²) in [6.45, 7) is 2.81. The number of piperazine rings is 1. The molecule has 1 fully saturated rings. The molecule has 1 saturated heterocycles. The number of H-pyrrole nitrogens is 1. The molecule has 4 rings (SSSR count). The maximum absolute atomic E-state index is 12.8. The highest BCUT2D eigenvalue weighted by Crippen LogP contribution is 2.17. The van der Waals surface area contributed by atoms with Crippen LogP contribution in [0.15, 0.2) is 54.6 Å². The lowest BCUT2D eigenvalue weighted by Crippen LogP contribution is -2.50. The lowest BCUT2D eigenvalue weighted by molar-refractivity contribution is -0.117. The van der Waals surface area contributed by atoms with E-state index in [1.807, 2.05) is 54.6 Å². The zero-order valence-electron chi connectivity index (χ0n) is 14.9. The monoisotopic (exact) mass is 363 g/mol. The summed E-state index contributed by atoms with van der Waals surface area (Å²) in [5, 5.41) is 10.8. The van der Waals surface area contributed by atoms with E-state index in [4.69, 9.17) is 0 Å². The third-order valence-corrected chi connectivity index (χ3v) is 4.76. The quantitative estimate of drug-likeness (QED) is 0.742. The predicted octanol–water partition coefficient (Wildman–Crippen LogP) is 1.96. The van der Waals surface area contributed by atoms with Crippen LogP contribution in [0.4, 0.5) is 5.69 Å². The van der Waals surface area contributed by atoms with Crippen LogP contribution in [0.25, 0.3) is 10.9 Å². The van der Waals surface area contributed by atoms with Gasteiger partial charge < -0.3 is 10.2 Å². The predicted molar refractivity (Wildman–Crippen MR) is 104 cm³/mol. The molecule has 2 amide bonds. The van der Waals surface area contributed by atoms with Crippen LogP contribution in [-0.2, 0) is 4.79 Å². The van der Waals surface area contributed by atoms with E-state index >= 15 is 0 Å². The summed E-state index contributed by atoms with van der Waals surface area (Å²) in [5.41, 5.74) is 2.11. The Morgan fingerprint density at radius 2 is 1.67 bits per heavy atom. The first kappa shape index (κ1) is 17.2. The van der Waals surface area contributed by atoms with Gasteiger partial charge in [0.2, 0.25) is 5.91 Å². The average molecular weight is 363 g/mol. The zero-order valence-corrected chi connectivity index (χ0v) is 14.9. The SMILES string of the molecule is O=C(CN1CCN(C(=O)c2n[nH]c3ccccc23)CC1)Nc1ccccc1. The highest BCUT2D eigenvalue weighted by atomic mass is 16.2. The standard InChI is InChI=1S/C20H21N5O2/c26-18(21-15-6-2-1-3-7-15)14-24-10-12-25(13-11-24)20(27)19-16-8-4-5-9-17(16)22-23-19/h1-9H,10-14H2,(H,21,26)(H,22,23). The van der Waals surface area contributed by atoms with Gasteiger partial charge in [-0.1, -0.05) is 36.4 Å². The lowest BCUT2D eigenvalue weighted by atomic mass is 10.2. The molecule has 2 aromatic carbocycles. The van der Waals surface area contributed by atoms with Gasteiger partial charge >= 0.3 is 0 Å². The molecule has 3 aromatic rings. The molecule has 0 radical (unpaired) electrons. The van der Waals surface area contributed by atoms with Crippen molar-refractivity contribution in [2.75, 3.05) is 38.0 Å². The molecule has 1 aromatic heterocycles. The number of anilines is 1. The third kappa shape index (κ3) is 3.83. The summed E-state index contributed by atoms with van der Waals surface area (Å²) < 4.78 is 0. The summed E-state index contributed by atoms with van der Waals surface area (Å²) in [6, 6.07) is 17.0. The van der Waals surface area contributed by atoms with Gasteiger partial charge in [-0.25, -0.2) is 0 Å². The molecule has 2 heterocycles. The second-order valence-corrected chi connectivity index (χ2v) is 6.60. The Morgan fingerprint density at radius 1 is 0.963 bits per heavy atom. The number of nitrogens with one attached hydrogen (secondary N) is 2. The number of hydrogen-bond acceptors (Lipinski definition) is 4. The smallest absolute Gasteiger partial charge is 0.275 e. The Bertz CT molecular complexity index is 945. The van der Waals surface area contributed by atoms with E-state index in [0.29, 0.717) is 38.4 Å². The number of aromatic nitrogens is 2. The van der Waals surface area contributed by atoms with Crippen LogP contribution in [0.2, 0.25) is 0 Å². The molecule has 0 bridgehead atoms. The van der Waals surface area contributed by atoms with Crippen molar-refractivity contribution in [3.8, 4) is 0 Å². The molecule has 0 atom stereocenters. The van der Waals surface area contributed by atoms with Gasteiger partial charge in [-0.15, -0.1) is 0 Å². The van der Waals surface area contributed by atoms with Gasteiger partial charge in [-0.3, -0.25) is 19.6 Å². The fourth-order valence-electron chi connectivity index (χ4n) is 3.31. The van der Waals surface area contributed by atoms with Crippen LogP contribution in [0, 0.1) is 0 Å². The molecule has 27 heavy (non-hydrogen) atoms. The number of amides is 2. The number of carbonyl (C=O) groups is 2. The molecule has 2 N–H and O–H groups in total. The molecule has 138 valence electrons. The highest BCUT2D eigenvalue weighted by Gasteiger charge is 2.25. The summed E-state index contributed by atoms with van der Waals surface area (Å²) in [7, 11) is 0. The normalized spacial score (nSPS) is 15.0. The van der Waals surface area contributed by atoms with E-state index in [9.17, 15) is 9.59 Å². The summed E-state index contributed by atoms with van der Waals surface area (Å²) >= 11 is 0. The van der Waals surface area contributed by atoms with Crippen LogP contribution in [0.5, 0.6) is 0 Å². The second-order valence-electron chi connectivity index (χ2n) is 6.60. The van der Waals surface area contributed by atoms with E-state index in [-0.39, 0.29) is 11.8 Å². The summed E-state index contributed by atoms with van der Waals surface area (Å²) in [4.78, 5) is 28.8. The topological polar surface area (TPSA) is 81.3 Å². The van der Waals surface area contributed by atoms with Crippen LogP contribution in [0.1, 0.15) is 10.5 Å². The fraction of sp³-hybridized carbons (Fsp3) is 0.250. The van der Waals surface area contributed by atoms with E-state index in [1.165, 1.54) is 0 Å². The van der Waals surface area contributed by atoms with E-state index in [2.05, 4.69) is 20.4 Å². The molecule has 0 unspecified atom stereocenters. The van der Waals surface area contributed by atoms with Crippen molar-refractivity contribution >= 4 is 28.4 Å². The number of carbonyl (C=O) groups excluding carboxylic acids is 2. The molecular weight excluding hydrogens is 342 g/mol. The van der Waals surface area contributed by atoms with Crippen LogP contribution < -0.4 is 5.32 Å². The van der Waals surface area contributed by atoms with Crippen molar-refractivity contribution in [3.05, 3.63) is 60.3 Å². The van der Waals surface area contributed by atoms with Crippen molar-refractivity contribution in [2.45, 2.75) is 0 Å². The molecule has 7 nitrogen and oxygen atoms in total. The summed E-state index contributed by atoms with van der Waals surface area (Å²) in [6.07, 6.45) is 0. The van der Waals surface area contributed by atoms with Gasteiger partial charge in [0, 0.05) is 37.3 Å². The van der Waals surface area contributed by atoms with Gasteiger partial charge in [0.25, 0.3) is 5.91 Å². The number of benzene rings is 2. The van der Waals surface area contributed by atoms with Crippen molar-refractivity contribution in [1.29, 1.82) is 0 Å². The van der Waals surface area contributed by atoms with Crippen molar-refractivity contribution in [1.82, 2.24) is 20.0 Å². The minimum atomic E-state index is -0.0687. The number of rotatable bonds is 4. The van der Waals surface area contributed by atoms with Crippen molar-refractivity contribution in [2.24, 2.45) is 0 Å². The minimum Gasteiger partial charge on any atom is -0.335 e. The lowest BCUT2D eigenvalue weighted by Gasteiger charge is -2.34. The molecule has 1 aliphatic rings. The highest BCUT2D eigenvalue weighted by molar-refractivity contribution is 6.04. The third-order valence-electron chi connectivity index (χ3n) is 4.76. The first-order valence-corrected chi connectivity index (χ1v) is 9.00. The van der Waals surface area contributed by atoms with Crippen LogP contribution >= 0.6 is 0 Å². The summed E-state index contributed by atoms with van der Waals surface area (Å²) in [5.74, 6) is -0.111. The van der Waals surface area contributed by atoms with E-state index in [1.54, 1.807) is 4.90 Å². The largest absolute Gasteiger partial charge is 0.335 e. The fourth-order valence-corrected chi connectivity index (χ4v) is 3.31. The maximum Gasteiger partial charge on any atom is 0.275 e. The molecule has 0 aliphatic carbocycles. The molecular formula is C20H21N5O2. The first-order chi connectivity index (χ1) is 13.2. The Labute approximate surface area is 157 Å². The number of nitrogens with zero attached hydrogens (tertiary/aromatic N) is 3. The Kier molecular flexibility index (Phi) is 4.84. The van der Waals surface area contributed by atoms with E-state index in [0.717, 1.165) is 16.6 Å². The van der Waals surface area contributed by atoms with Gasteiger partial charge in [-0.05, 0) is 18.2 Å². The Morgan fingerprint density at radius 3 is 2.44 bits per heavy atom. The zero-order chi connectivity index (χ0) is 18.6. The van der Waals surface area contributed by atoms with Crippen molar-refractivity contribution < 1.29 is 9.59 Å². The number of hydrogen-bond donors (Lipinski definition) is 2. The Hall–Kier alpha value is -3.19. The van der Waals surface area contributed by atoms with Gasteiger partial charge in [0.1, 0.15) is 0 Å². The molecule has 0 saturated carbocycles. The number of fused-ring (bicyclic) bond motifs is 1. The van der Waals surface area contributed by atoms with Crippen LogP contribution in [-0.4, -0.2) is 64.5 Å². The minimum absolute atomic E-state index is 0.0423. The number of aromatic amines is 1. The number of para-hydroxylation sites is 2. The van der Waals surface area contributed by atoms with Gasteiger partial charge in [-0.2, -0.15) is 5.10 Å². The van der Waals surface area contributed by atoms with Crippen molar-refractivity contribution in [3.63, 3.8) is 0 Å². The molecule has 7 heteroatoms. The van der Waals surface area contributed by atoms with Gasteiger partial charge in [0.05, 0.1) is 12.1 Å². The molecule has 0 spiro atoms. The average Bonchev–Trinajstić information content (AvgIpc) is 3.13. The first-order valence-electron chi connectivity index (χ1n) is 9.00. The van der Waals surface area contributed by atoms with E-state index < -0.39 is 0 Å². The maximum atomic E-state index is 12.8. The Balaban J connectivity index is 1.32. The van der Waals surface area contributed by atoms with Crippen LogP contribution in [0.3, 0.4) is 0 Å².